The van der Waals surface area contributed by atoms with E-state index in [1.54, 1.807) is 32.4 Å². The third kappa shape index (κ3) is 5.40. The molecule has 0 radical (unpaired) electrons. The lowest BCUT2D eigenvalue weighted by Gasteiger charge is -2.18. The summed E-state index contributed by atoms with van der Waals surface area (Å²) < 4.78 is 21.5. The Morgan fingerprint density at radius 1 is 0.966 bits per heavy atom. The van der Waals surface area contributed by atoms with Crippen LogP contribution in [0.3, 0.4) is 0 Å². The van der Waals surface area contributed by atoms with Crippen LogP contribution in [0.4, 0.5) is 0 Å². The highest BCUT2D eigenvalue weighted by Gasteiger charge is 2.16. The van der Waals surface area contributed by atoms with Crippen LogP contribution in [0.25, 0.3) is 0 Å². The SMILES string of the molecule is COc1ccc(CCNC(=O)CCC(=O)c2ccc3c(c2)OCCO3)c(OC)c1. The summed E-state index contributed by atoms with van der Waals surface area (Å²) in [7, 11) is 3.20. The second kappa shape index (κ2) is 9.82. The topological polar surface area (TPSA) is 83.1 Å². The summed E-state index contributed by atoms with van der Waals surface area (Å²) in [5, 5.41) is 2.85. The number of ether oxygens (including phenoxy) is 4. The lowest BCUT2D eigenvalue weighted by atomic mass is 10.1. The van der Waals surface area contributed by atoms with Crippen molar-refractivity contribution in [2.24, 2.45) is 0 Å². The van der Waals surface area contributed by atoms with Crippen molar-refractivity contribution < 1.29 is 28.5 Å². The Kier molecular flexibility index (Phi) is 6.94. The van der Waals surface area contributed by atoms with Gasteiger partial charge in [0, 0.05) is 31.0 Å². The molecule has 1 N–H and O–H groups in total. The normalized spacial score (nSPS) is 12.2. The Morgan fingerprint density at radius 2 is 1.76 bits per heavy atom. The van der Waals surface area contributed by atoms with E-state index in [2.05, 4.69) is 5.32 Å². The van der Waals surface area contributed by atoms with Crippen molar-refractivity contribution in [1.82, 2.24) is 5.32 Å². The zero-order valence-electron chi connectivity index (χ0n) is 16.7. The van der Waals surface area contributed by atoms with Crippen LogP contribution in [0.2, 0.25) is 0 Å². The number of carbonyl (C=O) groups excluding carboxylic acids is 2. The molecule has 1 heterocycles. The monoisotopic (exact) mass is 399 g/mol. The number of fused-ring (bicyclic) bond motifs is 1. The molecule has 0 atom stereocenters. The van der Waals surface area contributed by atoms with Crippen molar-refractivity contribution in [2.75, 3.05) is 34.0 Å². The molecule has 0 unspecified atom stereocenters. The maximum absolute atomic E-state index is 12.4. The van der Waals surface area contributed by atoms with Gasteiger partial charge in [0.25, 0.3) is 0 Å². The number of carbonyl (C=O) groups is 2. The molecule has 154 valence electrons. The first kappa shape index (κ1) is 20.5. The van der Waals surface area contributed by atoms with Gasteiger partial charge in [-0.25, -0.2) is 0 Å². The van der Waals surface area contributed by atoms with E-state index in [9.17, 15) is 9.59 Å². The van der Waals surface area contributed by atoms with E-state index in [0.717, 1.165) is 5.56 Å². The number of methoxy groups -OCH3 is 2. The fraction of sp³-hybridized carbons (Fsp3) is 0.364. The molecule has 2 aromatic rings. The van der Waals surface area contributed by atoms with Gasteiger partial charge in [-0.15, -0.1) is 0 Å². The number of nitrogens with one attached hydrogen (secondary N) is 1. The summed E-state index contributed by atoms with van der Waals surface area (Å²) in [6.07, 6.45) is 0.888. The molecule has 29 heavy (non-hydrogen) atoms. The highest BCUT2D eigenvalue weighted by atomic mass is 16.6. The van der Waals surface area contributed by atoms with Gasteiger partial charge in [0.2, 0.25) is 5.91 Å². The quantitative estimate of drug-likeness (QED) is 0.653. The number of hydrogen-bond donors (Lipinski definition) is 1. The van der Waals surface area contributed by atoms with Crippen molar-refractivity contribution >= 4 is 11.7 Å². The smallest absolute Gasteiger partial charge is 0.220 e. The van der Waals surface area contributed by atoms with Crippen LogP contribution in [0.15, 0.2) is 36.4 Å². The molecule has 1 aliphatic rings. The Balaban J connectivity index is 1.45. The lowest BCUT2D eigenvalue weighted by molar-refractivity contribution is -0.121. The van der Waals surface area contributed by atoms with Crippen molar-refractivity contribution in [3.05, 3.63) is 47.5 Å². The average molecular weight is 399 g/mol. The number of amides is 1. The lowest BCUT2D eigenvalue weighted by Crippen LogP contribution is -2.26. The second-order valence-corrected chi connectivity index (χ2v) is 6.56. The van der Waals surface area contributed by atoms with Crippen LogP contribution in [0.1, 0.15) is 28.8 Å². The molecule has 0 spiro atoms. The van der Waals surface area contributed by atoms with E-state index in [1.807, 2.05) is 18.2 Å². The minimum absolute atomic E-state index is 0.103. The van der Waals surface area contributed by atoms with Crippen LogP contribution in [-0.2, 0) is 11.2 Å². The van der Waals surface area contributed by atoms with Crippen LogP contribution in [-0.4, -0.2) is 45.7 Å². The van der Waals surface area contributed by atoms with Gasteiger partial charge in [0.1, 0.15) is 24.7 Å². The third-order valence-electron chi connectivity index (χ3n) is 4.65. The van der Waals surface area contributed by atoms with E-state index >= 15 is 0 Å². The zero-order chi connectivity index (χ0) is 20.6. The molecule has 7 heteroatoms. The zero-order valence-corrected chi connectivity index (χ0v) is 16.7. The van der Waals surface area contributed by atoms with Crippen LogP contribution < -0.4 is 24.3 Å². The van der Waals surface area contributed by atoms with Gasteiger partial charge in [-0.3, -0.25) is 9.59 Å². The summed E-state index contributed by atoms with van der Waals surface area (Å²) in [4.78, 5) is 24.5. The first-order valence-corrected chi connectivity index (χ1v) is 9.51. The maximum atomic E-state index is 12.4. The molecule has 0 saturated heterocycles. The average Bonchev–Trinajstić information content (AvgIpc) is 2.77. The van der Waals surface area contributed by atoms with Gasteiger partial charge in [0.15, 0.2) is 17.3 Å². The minimum atomic E-state index is -0.164. The number of rotatable bonds is 9. The van der Waals surface area contributed by atoms with E-state index in [-0.39, 0.29) is 24.5 Å². The Morgan fingerprint density at radius 3 is 2.52 bits per heavy atom. The molecule has 3 rings (SSSR count). The number of ketones is 1. The molecular formula is C22H25NO6. The number of Topliss-reactive ketones (excluding diaryl/α,β-unsaturated/α-hetero) is 1. The first-order chi connectivity index (χ1) is 14.1. The van der Waals surface area contributed by atoms with Crippen molar-refractivity contribution in [3.8, 4) is 23.0 Å². The molecule has 0 aromatic heterocycles. The fourth-order valence-electron chi connectivity index (χ4n) is 3.07. The van der Waals surface area contributed by atoms with Gasteiger partial charge in [0.05, 0.1) is 14.2 Å². The molecule has 0 saturated carbocycles. The Bertz CT molecular complexity index is 880. The third-order valence-corrected chi connectivity index (χ3v) is 4.65. The van der Waals surface area contributed by atoms with Gasteiger partial charge < -0.3 is 24.3 Å². The molecule has 1 amide bonds. The number of hydrogen-bond acceptors (Lipinski definition) is 6. The van der Waals surface area contributed by atoms with Gasteiger partial charge >= 0.3 is 0 Å². The summed E-state index contributed by atoms with van der Waals surface area (Å²) in [6, 6.07) is 10.7. The van der Waals surface area contributed by atoms with Crippen molar-refractivity contribution in [2.45, 2.75) is 19.3 Å². The Labute approximate surface area is 169 Å². The van der Waals surface area contributed by atoms with Crippen LogP contribution in [0, 0.1) is 0 Å². The largest absolute Gasteiger partial charge is 0.497 e. The van der Waals surface area contributed by atoms with Crippen LogP contribution in [0.5, 0.6) is 23.0 Å². The predicted octanol–water partition coefficient (Wildman–Crippen LogP) is 2.80. The molecular weight excluding hydrogens is 374 g/mol. The predicted molar refractivity (Wildman–Crippen MR) is 107 cm³/mol. The second-order valence-electron chi connectivity index (χ2n) is 6.56. The first-order valence-electron chi connectivity index (χ1n) is 9.51. The van der Waals surface area contributed by atoms with Crippen LogP contribution >= 0.6 is 0 Å². The van der Waals surface area contributed by atoms with E-state index < -0.39 is 0 Å². The molecule has 7 nitrogen and oxygen atoms in total. The summed E-state index contributed by atoms with van der Waals surface area (Å²) >= 11 is 0. The van der Waals surface area contributed by atoms with Crippen molar-refractivity contribution in [1.29, 1.82) is 0 Å². The maximum Gasteiger partial charge on any atom is 0.220 e. The highest BCUT2D eigenvalue weighted by molar-refractivity contribution is 5.98. The molecule has 2 aromatic carbocycles. The Hall–Kier alpha value is -3.22. The summed E-state index contributed by atoms with van der Waals surface area (Å²) in [5.74, 6) is 2.37. The highest BCUT2D eigenvalue weighted by Crippen LogP contribution is 2.31. The standard InChI is InChI=1S/C22H25NO6/c1-26-17-5-3-15(20(14-17)27-2)9-10-23-22(25)8-6-18(24)16-4-7-19-21(13-16)29-12-11-28-19/h3-5,7,13-14H,6,8-12H2,1-2H3,(H,23,25). The van der Waals surface area contributed by atoms with Gasteiger partial charge in [-0.05, 0) is 36.2 Å². The fourth-order valence-corrected chi connectivity index (χ4v) is 3.07. The van der Waals surface area contributed by atoms with E-state index in [4.69, 9.17) is 18.9 Å². The molecule has 1 aliphatic heterocycles. The summed E-state index contributed by atoms with van der Waals surface area (Å²) in [5.41, 5.74) is 1.49. The molecule has 0 aliphatic carbocycles. The molecule has 0 bridgehead atoms. The van der Waals surface area contributed by atoms with Gasteiger partial charge in [-0.1, -0.05) is 6.07 Å². The number of benzene rings is 2. The minimum Gasteiger partial charge on any atom is -0.497 e. The van der Waals surface area contributed by atoms with E-state index in [0.29, 0.717) is 54.7 Å². The summed E-state index contributed by atoms with van der Waals surface area (Å²) in [6.45, 7) is 1.43. The van der Waals surface area contributed by atoms with Crippen molar-refractivity contribution in [3.63, 3.8) is 0 Å². The van der Waals surface area contributed by atoms with Gasteiger partial charge in [-0.2, -0.15) is 0 Å². The van der Waals surface area contributed by atoms with E-state index in [1.165, 1.54) is 0 Å². The molecule has 0 fully saturated rings.